The van der Waals surface area contributed by atoms with Crippen LogP contribution in [0.15, 0.2) is 69.6 Å². The average molecular weight is 451 g/mol. The molecule has 2 heterocycles. The summed E-state index contributed by atoms with van der Waals surface area (Å²) < 4.78 is 11.1. The maximum atomic E-state index is 5.64. The molecular weight excluding hydrogens is 424 g/mol. The summed E-state index contributed by atoms with van der Waals surface area (Å²) in [6.45, 7) is 13.1. The summed E-state index contributed by atoms with van der Waals surface area (Å²) in [4.78, 5) is 10.2. The second kappa shape index (κ2) is 9.60. The van der Waals surface area contributed by atoms with Crippen LogP contribution in [0.5, 0.6) is 0 Å². The van der Waals surface area contributed by atoms with Crippen LogP contribution in [-0.2, 0) is 9.47 Å². The predicted molar refractivity (Wildman–Crippen MR) is 121 cm³/mol. The average Bonchev–Trinajstić information content (AvgIpc) is 2.98. The minimum Gasteiger partial charge on any atom is -0.487 e. The number of halogens is 1. The summed E-state index contributed by atoms with van der Waals surface area (Å²) in [5.74, 6) is 1.21. The topological polar surface area (TPSA) is 43.2 Å². The van der Waals surface area contributed by atoms with Crippen LogP contribution in [0.1, 0.15) is 27.7 Å². The van der Waals surface area contributed by atoms with Gasteiger partial charge in [-0.3, -0.25) is 0 Å². The van der Waals surface area contributed by atoms with Crippen LogP contribution in [0.2, 0.25) is 0 Å². The summed E-state index contributed by atoms with van der Waals surface area (Å²) in [5.41, 5.74) is 2.29. The molecule has 0 aliphatic carbocycles. The fourth-order valence-electron chi connectivity index (χ4n) is 2.80. The molecule has 1 fully saturated rings. The Kier molecular flexibility index (Phi) is 7.74. The van der Waals surface area contributed by atoms with Crippen LogP contribution in [-0.4, -0.2) is 40.7 Å². The third-order valence-electron chi connectivity index (χ3n) is 4.29. The Balaban J connectivity index is 2.45. The number of hydrogen-bond donors (Lipinski definition) is 0. The van der Waals surface area contributed by atoms with Gasteiger partial charge in [0.15, 0.2) is 17.2 Å². The first-order valence-corrected chi connectivity index (χ1v) is 11.0. The summed E-state index contributed by atoms with van der Waals surface area (Å²) in [6.07, 6.45) is 12.1. The van der Waals surface area contributed by atoms with Crippen LogP contribution < -0.4 is 0 Å². The van der Waals surface area contributed by atoms with Crippen LogP contribution in [0.4, 0.5) is 0 Å². The third-order valence-corrected chi connectivity index (χ3v) is 5.37. The summed E-state index contributed by atoms with van der Waals surface area (Å²) in [7, 11) is 0. The van der Waals surface area contributed by atoms with Crippen LogP contribution in [0, 0.1) is 0 Å². The predicted octanol–water partition coefficient (Wildman–Crippen LogP) is 5.60. The highest BCUT2D eigenvalue weighted by atomic mass is 79.9. The Morgan fingerprint density at radius 3 is 2.48 bits per heavy atom. The number of aliphatic imine (C=N–C) groups is 2. The molecule has 2 aliphatic rings. The Labute approximate surface area is 175 Å². The third kappa shape index (κ3) is 5.26. The number of rotatable bonds is 5. The van der Waals surface area contributed by atoms with Crippen molar-refractivity contribution in [1.29, 1.82) is 0 Å². The van der Waals surface area contributed by atoms with E-state index in [1.54, 1.807) is 11.8 Å². The van der Waals surface area contributed by atoms with Gasteiger partial charge in [0.1, 0.15) is 18.3 Å². The van der Waals surface area contributed by atoms with E-state index in [1.165, 1.54) is 0 Å². The van der Waals surface area contributed by atoms with Crippen LogP contribution in [0.3, 0.4) is 0 Å². The number of ether oxygens (including phenoxy) is 2. The molecule has 1 saturated heterocycles. The molecule has 146 valence electrons. The van der Waals surface area contributed by atoms with E-state index in [9.17, 15) is 0 Å². The van der Waals surface area contributed by atoms with Crippen molar-refractivity contribution in [2.24, 2.45) is 9.98 Å². The van der Waals surface area contributed by atoms with Crippen LogP contribution >= 0.6 is 27.7 Å². The molecule has 0 aromatic rings. The van der Waals surface area contributed by atoms with Crippen molar-refractivity contribution < 1.29 is 9.47 Å². The van der Waals surface area contributed by atoms with E-state index in [0.29, 0.717) is 29.6 Å². The lowest BCUT2D eigenvalue weighted by molar-refractivity contribution is 0.0606. The number of alkyl halides is 1. The number of nitrogens with zero attached hydrogens (tertiary/aromatic N) is 2. The van der Waals surface area contributed by atoms with Crippen LogP contribution in [0.25, 0.3) is 0 Å². The molecular formula is C21H27BrN2O2S. The van der Waals surface area contributed by atoms with Crippen molar-refractivity contribution in [1.82, 2.24) is 0 Å². The number of allylic oxidation sites excluding steroid dienone is 5. The Hall–Kier alpha value is -1.53. The SMILES string of the molecule is C=C1OCCOC1=CC=C(C)C1(C(C)=CC=CC(C)Br)N=C(C)C(SC)=N1. The zero-order chi connectivity index (χ0) is 20.0. The minimum atomic E-state index is -0.726. The van der Waals surface area contributed by atoms with E-state index < -0.39 is 5.66 Å². The van der Waals surface area contributed by atoms with E-state index >= 15 is 0 Å². The molecule has 6 heteroatoms. The molecule has 27 heavy (non-hydrogen) atoms. The molecule has 2 rings (SSSR count). The van der Waals surface area contributed by atoms with Gasteiger partial charge in [-0.1, -0.05) is 46.8 Å². The first-order valence-electron chi connectivity index (χ1n) is 8.84. The van der Waals surface area contributed by atoms with Gasteiger partial charge in [-0.15, -0.1) is 11.8 Å². The van der Waals surface area contributed by atoms with Gasteiger partial charge in [-0.05, 0) is 51.2 Å². The van der Waals surface area contributed by atoms with Crippen molar-refractivity contribution in [2.75, 3.05) is 19.5 Å². The van der Waals surface area contributed by atoms with Gasteiger partial charge in [-0.2, -0.15) is 0 Å². The van der Waals surface area contributed by atoms with Gasteiger partial charge in [0.2, 0.25) is 0 Å². The molecule has 2 aliphatic heterocycles. The monoisotopic (exact) mass is 450 g/mol. The zero-order valence-corrected chi connectivity index (χ0v) is 19.0. The van der Waals surface area contributed by atoms with Crippen molar-refractivity contribution in [2.45, 2.75) is 38.2 Å². The van der Waals surface area contributed by atoms with Crippen molar-refractivity contribution in [3.05, 3.63) is 59.6 Å². The van der Waals surface area contributed by atoms with Crippen molar-refractivity contribution in [3.8, 4) is 0 Å². The fourth-order valence-corrected chi connectivity index (χ4v) is 3.54. The Morgan fingerprint density at radius 1 is 1.22 bits per heavy atom. The minimum absolute atomic E-state index is 0.312. The normalized spacial score (nSPS) is 26.7. The summed E-state index contributed by atoms with van der Waals surface area (Å²) in [5, 5.41) is 0.961. The van der Waals surface area contributed by atoms with Gasteiger partial charge >= 0.3 is 0 Å². The maximum Gasteiger partial charge on any atom is 0.195 e. The Bertz CT molecular complexity index is 775. The molecule has 2 unspecified atom stereocenters. The smallest absolute Gasteiger partial charge is 0.195 e. The lowest BCUT2D eigenvalue weighted by Gasteiger charge is -2.25. The highest BCUT2D eigenvalue weighted by Crippen LogP contribution is 2.37. The molecule has 0 saturated carbocycles. The van der Waals surface area contributed by atoms with E-state index in [1.807, 2.05) is 38.3 Å². The second-order valence-corrected chi connectivity index (χ2v) is 8.64. The van der Waals surface area contributed by atoms with Gasteiger partial charge in [0, 0.05) is 4.83 Å². The molecule has 0 aromatic carbocycles. The van der Waals surface area contributed by atoms with Gasteiger partial charge in [-0.25, -0.2) is 9.98 Å². The molecule has 0 N–H and O–H groups in total. The van der Waals surface area contributed by atoms with Crippen molar-refractivity contribution >= 4 is 38.4 Å². The van der Waals surface area contributed by atoms with Gasteiger partial charge < -0.3 is 9.47 Å². The number of thioether (sulfide) groups is 1. The standard InChI is InChI=1S/C21H27BrN2O2S/c1-14(8-7-9-16(3)22)21(23-17(4)20(24-21)27-6)15(2)10-11-19-18(5)25-12-13-26-19/h7-11,16H,5,12-13H2,1-4,6H3. The zero-order valence-electron chi connectivity index (χ0n) is 16.6. The quantitative estimate of drug-likeness (QED) is 0.404. The first kappa shape index (κ1) is 21.8. The summed E-state index contributed by atoms with van der Waals surface area (Å²) >= 11 is 5.15. The molecule has 0 amide bonds. The van der Waals surface area contributed by atoms with Gasteiger partial charge in [0.25, 0.3) is 0 Å². The molecule has 0 aromatic heterocycles. The first-order chi connectivity index (χ1) is 12.8. The highest BCUT2D eigenvalue weighted by molar-refractivity contribution is 9.09. The van der Waals surface area contributed by atoms with E-state index in [0.717, 1.165) is 21.9 Å². The second-order valence-electron chi connectivity index (χ2n) is 6.40. The van der Waals surface area contributed by atoms with Crippen molar-refractivity contribution in [3.63, 3.8) is 0 Å². The fraction of sp³-hybridized carbons (Fsp3) is 0.429. The lowest BCUT2D eigenvalue weighted by Crippen LogP contribution is -2.25. The van der Waals surface area contributed by atoms with E-state index in [-0.39, 0.29) is 0 Å². The highest BCUT2D eigenvalue weighted by Gasteiger charge is 2.37. The maximum absolute atomic E-state index is 5.64. The largest absolute Gasteiger partial charge is 0.487 e. The lowest BCUT2D eigenvalue weighted by atomic mass is 9.93. The molecule has 0 spiro atoms. The number of hydrogen-bond acceptors (Lipinski definition) is 5. The van der Waals surface area contributed by atoms with E-state index in [4.69, 9.17) is 19.5 Å². The molecule has 0 radical (unpaired) electrons. The van der Waals surface area contributed by atoms with Gasteiger partial charge in [0.05, 0.1) is 5.71 Å². The molecule has 2 atom stereocenters. The molecule has 0 bridgehead atoms. The Morgan fingerprint density at radius 2 is 1.89 bits per heavy atom. The molecule has 4 nitrogen and oxygen atoms in total. The summed E-state index contributed by atoms with van der Waals surface area (Å²) in [6, 6.07) is 0. The van der Waals surface area contributed by atoms with E-state index in [2.05, 4.69) is 48.5 Å².